The average molecular weight is 273 g/mol. The topological polar surface area (TPSA) is 64.9 Å². The minimum Gasteiger partial charge on any atom is -0.420 e. The van der Waals surface area contributed by atoms with Crippen LogP contribution in [0.5, 0.6) is 0 Å². The van der Waals surface area contributed by atoms with Gasteiger partial charge in [0, 0.05) is 0 Å². The van der Waals surface area contributed by atoms with Gasteiger partial charge in [0.15, 0.2) is 0 Å². The summed E-state index contributed by atoms with van der Waals surface area (Å²) >= 11 is 0. The van der Waals surface area contributed by atoms with E-state index in [9.17, 15) is 0 Å². The summed E-state index contributed by atoms with van der Waals surface area (Å²) in [5.41, 5.74) is 5.74. The van der Waals surface area contributed by atoms with Gasteiger partial charge in [0.1, 0.15) is 0 Å². The number of rotatable bonds is 3. The average Bonchev–Trinajstić information content (AvgIpc) is 2.86. The van der Waals surface area contributed by atoms with Gasteiger partial charge in [-0.25, -0.2) is 0 Å². The summed E-state index contributed by atoms with van der Waals surface area (Å²) in [4.78, 5) is 0. The Bertz CT molecular complexity index is 492. The van der Waals surface area contributed by atoms with E-state index in [2.05, 4.69) is 16.3 Å². The van der Waals surface area contributed by atoms with E-state index in [1.807, 2.05) is 13.0 Å². The van der Waals surface area contributed by atoms with Crippen molar-refractivity contribution in [3.05, 3.63) is 17.9 Å². The van der Waals surface area contributed by atoms with Crippen LogP contribution in [-0.4, -0.2) is 10.2 Å². The van der Waals surface area contributed by atoms with Gasteiger partial charge in [-0.3, -0.25) is 0 Å². The van der Waals surface area contributed by atoms with E-state index in [4.69, 9.17) is 10.2 Å². The third-order valence-electron chi connectivity index (χ3n) is 5.61. The summed E-state index contributed by atoms with van der Waals surface area (Å²) in [6.45, 7) is 1.86. The summed E-state index contributed by atoms with van der Waals surface area (Å²) in [5, 5.41) is 8.03. The molecule has 4 saturated carbocycles. The van der Waals surface area contributed by atoms with Crippen LogP contribution in [0, 0.1) is 29.6 Å². The van der Waals surface area contributed by atoms with Crippen LogP contribution >= 0.6 is 0 Å². The molecule has 0 amide bonds. The number of allylic oxidation sites excluding steroid dienone is 1. The first-order valence-electron chi connectivity index (χ1n) is 7.96. The molecular weight excluding hydrogens is 250 g/mol. The predicted octanol–water partition coefficient (Wildman–Crippen LogP) is 3.17. The van der Waals surface area contributed by atoms with Crippen molar-refractivity contribution in [2.75, 3.05) is 0 Å². The molecule has 2 N–H and O–H groups in total. The number of hydrogen-bond acceptors (Lipinski definition) is 4. The maximum absolute atomic E-state index is 5.74. The number of nitrogens with two attached hydrogens (primary N) is 1. The molecule has 108 valence electrons. The normalized spacial score (nSPS) is 40.6. The van der Waals surface area contributed by atoms with E-state index in [-0.39, 0.29) is 6.04 Å². The molecule has 4 fully saturated rings. The highest BCUT2D eigenvalue weighted by molar-refractivity contribution is 5.38. The van der Waals surface area contributed by atoms with E-state index < -0.39 is 0 Å². The molecule has 1 aromatic heterocycles. The van der Waals surface area contributed by atoms with Gasteiger partial charge in [0.05, 0.1) is 6.04 Å². The summed E-state index contributed by atoms with van der Waals surface area (Å²) in [7, 11) is 0. The van der Waals surface area contributed by atoms with Gasteiger partial charge in [-0.2, -0.15) is 0 Å². The van der Waals surface area contributed by atoms with Gasteiger partial charge in [-0.1, -0.05) is 6.08 Å². The monoisotopic (exact) mass is 273 g/mol. The molecule has 0 spiro atoms. The molecule has 4 aliphatic carbocycles. The highest BCUT2D eigenvalue weighted by Gasteiger charge is 2.47. The van der Waals surface area contributed by atoms with Gasteiger partial charge in [0.25, 0.3) is 0 Å². The van der Waals surface area contributed by atoms with Crippen LogP contribution in [0.15, 0.2) is 10.5 Å². The second-order valence-corrected chi connectivity index (χ2v) is 7.13. The molecule has 0 radical (unpaired) electrons. The Hall–Kier alpha value is -1.16. The van der Waals surface area contributed by atoms with Crippen molar-refractivity contribution in [3.63, 3.8) is 0 Å². The quantitative estimate of drug-likeness (QED) is 0.918. The van der Waals surface area contributed by atoms with Crippen molar-refractivity contribution in [3.8, 4) is 0 Å². The van der Waals surface area contributed by atoms with Crippen molar-refractivity contribution in [2.45, 2.75) is 45.1 Å². The van der Waals surface area contributed by atoms with E-state index in [0.717, 1.165) is 29.6 Å². The van der Waals surface area contributed by atoms with E-state index in [0.29, 0.717) is 11.8 Å². The smallest absolute Gasteiger partial charge is 0.240 e. The molecule has 1 heterocycles. The zero-order valence-electron chi connectivity index (χ0n) is 12.0. The second-order valence-electron chi connectivity index (χ2n) is 7.13. The molecule has 0 saturated heterocycles. The predicted molar refractivity (Wildman–Crippen MR) is 76.5 cm³/mol. The highest BCUT2D eigenvalue weighted by atomic mass is 16.4. The Morgan fingerprint density at radius 3 is 2.30 bits per heavy atom. The standard InChI is InChI=1S/C16H23N3O/c1-9(17)16-19-18-15(20-16)3-2-14-12-5-10-4-11(7-12)8-13(14)6-10/h2-3,9-14H,4-8,17H2,1H3/b3-2+. The van der Waals surface area contributed by atoms with E-state index in [1.54, 1.807) is 0 Å². The molecule has 20 heavy (non-hydrogen) atoms. The largest absolute Gasteiger partial charge is 0.420 e. The van der Waals surface area contributed by atoms with Crippen LogP contribution in [0.4, 0.5) is 0 Å². The second kappa shape index (κ2) is 4.69. The highest BCUT2D eigenvalue weighted by Crippen LogP contribution is 2.56. The lowest BCUT2D eigenvalue weighted by atomic mass is 9.52. The Morgan fingerprint density at radius 1 is 1.10 bits per heavy atom. The van der Waals surface area contributed by atoms with E-state index >= 15 is 0 Å². The lowest BCUT2D eigenvalue weighted by molar-refractivity contribution is -0.0158. The molecular formula is C16H23N3O. The van der Waals surface area contributed by atoms with Crippen molar-refractivity contribution >= 4 is 6.08 Å². The van der Waals surface area contributed by atoms with Gasteiger partial charge in [-0.15, -0.1) is 10.2 Å². The fourth-order valence-electron chi connectivity index (χ4n) is 4.97. The van der Waals surface area contributed by atoms with Crippen molar-refractivity contribution in [2.24, 2.45) is 35.3 Å². The maximum atomic E-state index is 5.74. The molecule has 4 aliphatic rings. The third-order valence-corrected chi connectivity index (χ3v) is 5.61. The van der Waals surface area contributed by atoms with Gasteiger partial charge in [-0.05, 0) is 74.7 Å². The van der Waals surface area contributed by atoms with Gasteiger partial charge >= 0.3 is 0 Å². The molecule has 1 unspecified atom stereocenters. The van der Waals surface area contributed by atoms with E-state index in [1.165, 1.54) is 32.1 Å². The summed E-state index contributed by atoms with van der Waals surface area (Å²) < 4.78 is 5.55. The fourth-order valence-corrected chi connectivity index (χ4v) is 4.97. The summed E-state index contributed by atoms with van der Waals surface area (Å²) in [6, 6.07) is -0.189. The van der Waals surface area contributed by atoms with Crippen LogP contribution in [0.1, 0.15) is 56.9 Å². The van der Waals surface area contributed by atoms with Crippen molar-refractivity contribution in [1.29, 1.82) is 0 Å². The molecule has 0 aliphatic heterocycles. The number of aromatic nitrogens is 2. The zero-order chi connectivity index (χ0) is 13.7. The number of nitrogens with zero attached hydrogens (tertiary/aromatic N) is 2. The zero-order valence-corrected chi connectivity index (χ0v) is 12.0. The minimum atomic E-state index is -0.189. The third kappa shape index (κ3) is 2.10. The Kier molecular flexibility index (Phi) is 2.95. The Balaban J connectivity index is 1.49. The van der Waals surface area contributed by atoms with Crippen LogP contribution in [0.25, 0.3) is 6.08 Å². The van der Waals surface area contributed by atoms with Crippen LogP contribution in [0.3, 0.4) is 0 Å². The number of hydrogen-bond donors (Lipinski definition) is 1. The molecule has 1 aromatic rings. The van der Waals surface area contributed by atoms with Gasteiger partial charge < -0.3 is 10.2 Å². The maximum Gasteiger partial charge on any atom is 0.240 e. The molecule has 4 nitrogen and oxygen atoms in total. The Labute approximate surface area is 119 Å². The summed E-state index contributed by atoms with van der Waals surface area (Å²) in [5.74, 6) is 5.71. The van der Waals surface area contributed by atoms with Crippen molar-refractivity contribution in [1.82, 2.24) is 10.2 Å². The molecule has 1 atom stereocenters. The molecule has 4 bridgehead atoms. The first kappa shape index (κ1) is 12.6. The molecule has 4 heteroatoms. The lowest BCUT2D eigenvalue weighted by Gasteiger charge is -2.53. The molecule has 5 rings (SSSR count). The van der Waals surface area contributed by atoms with Crippen LogP contribution in [-0.2, 0) is 0 Å². The first-order valence-corrected chi connectivity index (χ1v) is 7.96. The fraction of sp³-hybridized carbons (Fsp3) is 0.750. The Morgan fingerprint density at radius 2 is 1.75 bits per heavy atom. The lowest BCUT2D eigenvalue weighted by Crippen LogP contribution is -2.44. The van der Waals surface area contributed by atoms with Crippen molar-refractivity contribution < 1.29 is 4.42 Å². The van der Waals surface area contributed by atoms with Crippen LogP contribution < -0.4 is 5.73 Å². The summed E-state index contributed by atoms with van der Waals surface area (Å²) in [6.07, 6.45) is 11.6. The SMILES string of the molecule is CC(N)c1nnc(/C=C/C2C3CC4CC(C3)CC2C4)o1. The van der Waals surface area contributed by atoms with Crippen LogP contribution in [0.2, 0.25) is 0 Å². The van der Waals surface area contributed by atoms with Gasteiger partial charge in [0.2, 0.25) is 11.8 Å². The first-order chi connectivity index (χ1) is 9.69. The minimum absolute atomic E-state index is 0.189. The molecule has 0 aromatic carbocycles.